The van der Waals surface area contributed by atoms with E-state index < -0.39 is 0 Å². The van der Waals surface area contributed by atoms with Gasteiger partial charge in [0.15, 0.2) is 0 Å². The van der Waals surface area contributed by atoms with Gasteiger partial charge in [0.1, 0.15) is 0 Å². The molecule has 0 N–H and O–H groups in total. The number of allylic oxidation sites excluding steroid dienone is 7. The van der Waals surface area contributed by atoms with E-state index in [1.165, 1.54) is 34.3 Å². The number of hydrogen-bond donors (Lipinski definition) is 0. The Morgan fingerprint density at radius 3 is 2.63 bits per heavy atom. The van der Waals surface area contributed by atoms with Gasteiger partial charge in [-0.1, -0.05) is 66.3 Å². The van der Waals surface area contributed by atoms with Crippen molar-refractivity contribution in [3.05, 3.63) is 77.4 Å². The van der Waals surface area contributed by atoms with Crippen molar-refractivity contribution in [1.82, 2.24) is 0 Å². The van der Waals surface area contributed by atoms with Crippen molar-refractivity contribution in [3.63, 3.8) is 0 Å². The van der Waals surface area contributed by atoms with E-state index in [2.05, 4.69) is 62.9 Å². The second-order valence-electron chi connectivity index (χ2n) is 5.20. The summed E-state index contributed by atoms with van der Waals surface area (Å²) >= 11 is 0. The molecule has 0 atom stereocenters. The van der Waals surface area contributed by atoms with Gasteiger partial charge in [0.05, 0.1) is 0 Å². The summed E-state index contributed by atoms with van der Waals surface area (Å²) in [5.41, 5.74) is 7.06. The topological polar surface area (TPSA) is 0 Å². The SMILES string of the molecule is C=C/C(C)=C\CC1=C(C)CCC(c2ccccc2)=C1. The second-order valence-corrected chi connectivity index (χ2v) is 5.20. The number of hydrogen-bond acceptors (Lipinski definition) is 0. The lowest BCUT2D eigenvalue weighted by molar-refractivity contribution is 0.940. The van der Waals surface area contributed by atoms with Crippen LogP contribution in [0.2, 0.25) is 0 Å². The smallest absolute Gasteiger partial charge is 0.00922 e. The molecule has 0 nitrogen and oxygen atoms in total. The molecule has 0 saturated heterocycles. The van der Waals surface area contributed by atoms with Crippen molar-refractivity contribution in [1.29, 1.82) is 0 Å². The molecule has 19 heavy (non-hydrogen) atoms. The molecule has 0 saturated carbocycles. The summed E-state index contributed by atoms with van der Waals surface area (Å²) < 4.78 is 0. The summed E-state index contributed by atoms with van der Waals surface area (Å²) in [5.74, 6) is 0. The molecule has 0 heteroatoms. The van der Waals surface area contributed by atoms with Crippen molar-refractivity contribution in [3.8, 4) is 0 Å². The van der Waals surface area contributed by atoms with Crippen LogP contribution in [0.25, 0.3) is 5.57 Å². The van der Waals surface area contributed by atoms with Crippen molar-refractivity contribution in [2.45, 2.75) is 33.1 Å². The van der Waals surface area contributed by atoms with E-state index in [9.17, 15) is 0 Å². The molecule has 1 aromatic rings. The molecule has 0 amide bonds. The fourth-order valence-corrected chi connectivity index (χ4v) is 2.36. The van der Waals surface area contributed by atoms with Gasteiger partial charge in [0.2, 0.25) is 0 Å². The first-order chi connectivity index (χ1) is 9.20. The van der Waals surface area contributed by atoms with Gasteiger partial charge in [-0.05, 0) is 49.8 Å². The molecular weight excluding hydrogens is 228 g/mol. The zero-order chi connectivity index (χ0) is 13.7. The molecule has 1 aliphatic carbocycles. The van der Waals surface area contributed by atoms with Gasteiger partial charge >= 0.3 is 0 Å². The minimum atomic E-state index is 1.01. The van der Waals surface area contributed by atoms with Crippen LogP contribution in [0.5, 0.6) is 0 Å². The lowest BCUT2D eigenvalue weighted by Gasteiger charge is -2.18. The molecule has 1 aromatic carbocycles. The monoisotopic (exact) mass is 250 g/mol. The van der Waals surface area contributed by atoms with E-state index in [-0.39, 0.29) is 0 Å². The Kier molecular flexibility index (Phi) is 4.57. The standard InChI is InChI=1S/C19H22/c1-4-15(2)10-12-18-14-19(13-11-16(18)3)17-8-6-5-7-9-17/h4-10,14H,1,11-13H2,2-3H3/b15-10-. The summed E-state index contributed by atoms with van der Waals surface area (Å²) in [6.07, 6.45) is 9.90. The Hall–Kier alpha value is -1.82. The number of rotatable bonds is 4. The van der Waals surface area contributed by atoms with Crippen LogP contribution >= 0.6 is 0 Å². The van der Waals surface area contributed by atoms with Crippen molar-refractivity contribution in [2.24, 2.45) is 0 Å². The lowest BCUT2D eigenvalue weighted by atomic mass is 9.88. The average molecular weight is 250 g/mol. The van der Waals surface area contributed by atoms with Gasteiger partial charge in [-0.2, -0.15) is 0 Å². The highest BCUT2D eigenvalue weighted by molar-refractivity contribution is 5.70. The zero-order valence-electron chi connectivity index (χ0n) is 11.9. The van der Waals surface area contributed by atoms with E-state index in [1.807, 2.05) is 6.08 Å². The van der Waals surface area contributed by atoms with Crippen LogP contribution in [0.1, 0.15) is 38.7 Å². The second kappa shape index (κ2) is 6.38. The maximum Gasteiger partial charge on any atom is -0.00922 e. The van der Waals surface area contributed by atoms with E-state index in [4.69, 9.17) is 0 Å². The van der Waals surface area contributed by atoms with E-state index in [0.29, 0.717) is 0 Å². The predicted molar refractivity (Wildman–Crippen MR) is 84.9 cm³/mol. The Morgan fingerprint density at radius 1 is 1.21 bits per heavy atom. The first kappa shape index (κ1) is 13.6. The summed E-state index contributed by atoms with van der Waals surface area (Å²) in [4.78, 5) is 0. The van der Waals surface area contributed by atoms with Gasteiger partial charge in [-0.25, -0.2) is 0 Å². The maximum atomic E-state index is 3.81. The highest BCUT2D eigenvalue weighted by atomic mass is 14.2. The fourth-order valence-electron chi connectivity index (χ4n) is 2.36. The molecule has 98 valence electrons. The molecular formula is C19H22. The first-order valence-corrected chi connectivity index (χ1v) is 6.94. The van der Waals surface area contributed by atoms with E-state index in [0.717, 1.165) is 12.8 Å². The third-order valence-electron chi connectivity index (χ3n) is 3.78. The average Bonchev–Trinajstić information content (AvgIpc) is 2.47. The van der Waals surface area contributed by atoms with Crippen LogP contribution in [0.4, 0.5) is 0 Å². The van der Waals surface area contributed by atoms with Gasteiger partial charge in [0.25, 0.3) is 0 Å². The van der Waals surface area contributed by atoms with E-state index >= 15 is 0 Å². The first-order valence-electron chi connectivity index (χ1n) is 6.94. The molecule has 0 bridgehead atoms. The molecule has 0 aromatic heterocycles. The minimum absolute atomic E-state index is 1.01. The van der Waals surface area contributed by atoms with Gasteiger partial charge in [0, 0.05) is 0 Å². The van der Waals surface area contributed by atoms with Crippen molar-refractivity contribution < 1.29 is 0 Å². The highest BCUT2D eigenvalue weighted by Crippen LogP contribution is 2.31. The van der Waals surface area contributed by atoms with Crippen LogP contribution in [0.3, 0.4) is 0 Å². The fraction of sp³-hybridized carbons (Fsp3) is 0.263. The molecule has 0 unspecified atom stereocenters. The van der Waals surface area contributed by atoms with Crippen LogP contribution < -0.4 is 0 Å². The summed E-state index contributed by atoms with van der Waals surface area (Å²) in [6.45, 7) is 8.17. The molecule has 0 aliphatic heterocycles. The largest absolute Gasteiger partial charge is 0.0988 e. The highest BCUT2D eigenvalue weighted by Gasteiger charge is 2.10. The molecule has 0 fully saturated rings. The van der Waals surface area contributed by atoms with E-state index in [1.54, 1.807) is 0 Å². The van der Waals surface area contributed by atoms with Crippen molar-refractivity contribution >= 4 is 5.57 Å². The molecule has 0 radical (unpaired) electrons. The summed E-state index contributed by atoms with van der Waals surface area (Å²) in [7, 11) is 0. The Balaban J connectivity index is 2.23. The normalized spacial score (nSPS) is 16.3. The van der Waals surface area contributed by atoms with Crippen LogP contribution in [0, 0.1) is 0 Å². The van der Waals surface area contributed by atoms with Gasteiger partial charge in [-0.3, -0.25) is 0 Å². The van der Waals surface area contributed by atoms with Gasteiger partial charge in [-0.15, -0.1) is 0 Å². The zero-order valence-corrected chi connectivity index (χ0v) is 11.9. The van der Waals surface area contributed by atoms with Crippen LogP contribution in [-0.2, 0) is 0 Å². The number of benzene rings is 1. The lowest BCUT2D eigenvalue weighted by Crippen LogP contribution is -1.97. The quantitative estimate of drug-likeness (QED) is 0.601. The van der Waals surface area contributed by atoms with Crippen LogP contribution in [0.15, 0.2) is 71.9 Å². The van der Waals surface area contributed by atoms with Crippen LogP contribution in [-0.4, -0.2) is 0 Å². The molecule has 2 rings (SSSR count). The maximum absolute atomic E-state index is 3.81. The summed E-state index contributed by atoms with van der Waals surface area (Å²) in [5, 5.41) is 0. The third-order valence-corrected chi connectivity index (χ3v) is 3.78. The Labute approximate surface area is 116 Å². The van der Waals surface area contributed by atoms with Gasteiger partial charge < -0.3 is 0 Å². The molecule has 0 heterocycles. The molecule has 0 spiro atoms. The minimum Gasteiger partial charge on any atom is -0.0988 e. The third kappa shape index (κ3) is 3.57. The van der Waals surface area contributed by atoms with Crippen molar-refractivity contribution in [2.75, 3.05) is 0 Å². The Morgan fingerprint density at radius 2 is 1.95 bits per heavy atom. The predicted octanol–water partition coefficient (Wildman–Crippen LogP) is 5.70. The summed E-state index contributed by atoms with van der Waals surface area (Å²) in [6, 6.07) is 10.7. The Bertz CT molecular complexity index is 539. The molecule has 1 aliphatic rings.